The Bertz CT molecular complexity index is 656. The lowest BCUT2D eigenvalue weighted by molar-refractivity contribution is 0.102. The average Bonchev–Trinajstić information content (AvgIpc) is 2.44. The van der Waals surface area contributed by atoms with Gasteiger partial charge in [-0.15, -0.1) is 0 Å². The lowest BCUT2D eigenvalue weighted by atomic mass is 10.1. The summed E-state index contributed by atoms with van der Waals surface area (Å²) in [7, 11) is 1.43. The standard InChI is InChI=1S/C15H14ClNO3/c1-9-11(16)6-4-7-12(9)17-15(19)10-5-3-8-13(20-2)14(10)18/h3-8,18H,1-2H3,(H,17,19). The summed E-state index contributed by atoms with van der Waals surface area (Å²) in [6.45, 7) is 1.81. The van der Waals surface area contributed by atoms with Crippen molar-refractivity contribution in [3.05, 3.63) is 52.5 Å². The largest absolute Gasteiger partial charge is 0.504 e. The minimum atomic E-state index is -0.424. The molecule has 0 bridgehead atoms. The number of rotatable bonds is 3. The zero-order valence-electron chi connectivity index (χ0n) is 11.1. The summed E-state index contributed by atoms with van der Waals surface area (Å²) in [5, 5.41) is 13.2. The fourth-order valence-electron chi connectivity index (χ4n) is 1.80. The van der Waals surface area contributed by atoms with Gasteiger partial charge in [-0.3, -0.25) is 4.79 Å². The molecule has 0 aliphatic heterocycles. The van der Waals surface area contributed by atoms with E-state index in [9.17, 15) is 9.90 Å². The van der Waals surface area contributed by atoms with E-state index in [-0.39, 0.29) is 17.1 Å². The van der Waals surface area contributed by atoms with Crippen LogP contribution in [-0.4, -0.2) is 18.1 Å². The van der Waals surface area contributed by atoms with Gasteiger partial charge in [0.1, 0.15) is 0 Å². The highest BCUT2D eigenvalue weighted by Gasteiger charge is 2.15. The van der Waals surface area contributed by atoms with Crippen molar-refractivity contribution < 1.29 is 14.6 Å². The van der Waals surface area contributed by atoms with Gasteiger partial charge >= 0.3 is 0 Å². The molecule has 1 amide bonds. The Labute approximate surface area is 122 Å². The number of anilines is 1. The predicted octanol–water partition coefficient (Wildman–Crippen LogP) is 3.61. The minimum Gasteiger partial charge on any atom is -0.504 e. The summed E-state index contributed by atoms with van der Waals surface area (Å²) in [4.78, 5) is 12.2. The predicted molar refractivity (Wildman–Crippen MR) is 78.8 cm³/mol. The molecule has 104 valence electrons. The van der Waals surface area contributed by atoms with Crippen molar-refractivity contribution in [3.8, 4) is 11.5 Å². The average molecular weight is 292 g/mol. The van der Waals surface area contributed by atoms with E-state index in [1.54, 1.807) is 30.3 Å². The molecule has 0 heterocycles. The highest BCUT2D eigenvalue weighted by Crippen LogP contribution is 2.30. The van der Waals surface area contributed by atoms with E-state index in [4.69, 9.17) is 16.3 Å². The molecular formula is C15H14ClNO3. The van der Waals surface area contributed by atoms with Crippen LogP contribution in [0, 0.1) is 6.92 Å². The lowest BCUT2D eigenvalue weighted by Gasteiger charge is -2.11. The van der Waals surface area contributed by atoms with E-state index < -0.39 is 5.91 Å². The van der Waals surface area contributed by atoms with Crippen LogP contribution in [0.2, 0.25) is 5.02 Å². The molecule has 0 saturated carbocycles. The van der Waals surface area contributed by atoms with Crippen LogP contribution in [-0.2, 0) is 0 Å². The Kier molecular flexibility index (Phi) is 4.15. The number of nitrogens with one attached hydrogen (secondary N) is 1. The number of phenolic OH excluding ortho intramolecular Hbond substituents is 1. The fraction of sp³-hybridized carbons (Fsp3) is 0.133. The molecule has 0 aliphatic carbocycles. The number of methoxy groups -OCH3 is 1. The van der Waals surface area contributed by atoms with Crippen LogP contribution >= 0.6 is 11.6 Å². The molecule has 0 saturated heterocycles. The normalized spacial score (nSPS) is 10.2. The van der Waals surface area contributed by atoms with Crippen molar-refractivity contribution in [1.29, 1.82) is 0 Å². The summed E-state index contributed by atoms with van der Waals surface area (Å²) in [6.07, 6.45) is 0. The van der Waals surface area contributed by atoms with Crippen molar-refractivity contribution in [3.63, 3.8) is 0 Å². The van der Waals surface area contributed by atoms with Gasteiger partial charge in [0.05, 0.1) is 12.7 Å². The smallest absolute Gasteiger partial charge is 0.259 e. The zero-order chi connectivity index (χ0) is 14.7. The van der Waals surface area contributed by atoms with E-state index in [0.717, 1.165) is 5.56 Å². The highest BCUT2D eigenvalue weighted by atomic mass is 35.5. The molecule has 2 aromatic carbocycles. The third-order valence-electron chi connectivity index (χ3n) is 2.98. The molecule has 0 unspecified atom stereocenters. The highest BCUT2D eigenvalue weighted by molar-refractivity contribution is 6.31. The third kappa shape index (κ3) is 2.70. The van der Waals surface area contributed by atoms with Crippen LogP contribution in [0.5, 0.6) is 11.5 Å². The molecular weight excluding hydrogens is 278 g/mol. The molecule has 0 fully saturated rings. The molecule has 0 aromatic heterocycles. The first-order valence-electron chi connectivity index (χ1n) is 5.97. The Morgan fingerprint density at radius 2 is 1.95 bits per heavy atom. The quantitative estimate of drug-likeness (QED) is 0.908. The molecule has 5 heteroatoms. The van der Waals surface area contributed by atoms with Crippen LogP contribution in [0.4, 0.5) is 5.69 Å². The Hall–Kier alpha value is -2.20. The number of halogens is 1. The molecule has 4 nitrogen and oxygen atoms in total. The van der Waals surface area contributed by atoms with Gasteiger partial charge in [-0.05, 0) is 36.8 Å². The van der Waals surface area contributed by atoms with Gasteiger partial charge in [-0.25, -0.2) is 0 Å². The molecule has 2 N–H and O–H groups in total. The molecule has 0 radical (unpaired) electrons. The summed E-state index contributed by atoms with van der Waals surface area (Å²) < 4.78 is 4.98. The summed E-state index contributed by atoms with van der Waals surface area (Å²) in [5.41, 5.74) is 1.51. The van der Waals surface area contributed by atoms with Crippen LogP contribution in [0.3, 0.4) is 0 Å². The van der Waals surface area contributed by atoms with Gasteiger partial charge in [-0.1, -0.05) is 23.7 Å². The number of para-hydroxylation sites is 1. The zero-order valence-corrected chi connectivity index (χ0v) is 11.9. The second-order valence-corrected chi connectivity index (χ2v) is 4.63. The molecule has 0 spiro atoms. The second kappa shape index (κ2) is 5.84. The van der Waals surface area contributed by atoms with Crippen LogP contribution in [0.15, 0.2) is 36.4 Å². The topological polar surface area (TPSA) is 58.6 Å². The number of phenols is 1. The molecule has 20 heavy (non-hydrogen) atoms. The SMILES string of the molecule is COc1cccc(C(=O)Nc2cccc(Cl)c2C)c1O. The van der Waals surface area contributed by atoms with Gasteiger partial charge < -0.3 is 15.2 Å². The number of hydrogen-bond donors (Lipinski definition) is 2. The Morgan fingerprint density at radius 1 is 1.25 bits per heavy atom. The van der Waals surface area contributed by atoms with Crippen molar-refractivity contribution in [1.82, 2.24) is 0 Å². The number of amides is 1. The van der Waals surface area contributed by atoms with E-state index >= 15 is 0 Å². The van der Waals surface area contributed by atoms with Crippen LogP contribution in [0.1, 0.15) is 15.9 Å². The van der Waals surface area contributed by atoms with E-state index in [1.165, 1.54) is 13.2 Å². The van der Waals surface area contributed by atoms with Crippen LogP contribution in [0.25, 0.3) is 0 Å². The number of benzene rings is 2. The fourth-order valence-corrected chi connectivity index (χ4v) is 1.98. The maximum absolute atomic E-state index is 12.2. The number of ether oxygens (including phenoxy) is 1. The van der Waals surface area contributed by atoms with E-state index in [0.29, 0.717) is 10.7 Å². The summed E-state index contributed by atoms with van der Waals surface area (Å²) in [5.74, 6) is -0.362. The summed E-state index contributed by atoms with van der Waals surface area (Å²) >= 11 is 6.00. The number of hydrogen-bond acceptors (Lipinski definition) is 3. The lowest BCUT2D eigenvalue weighted by Crippen LogP contribution is -2.13. The first-order chi connectivity index (χ1) is 9.54. The monoisotopic (exact) mass is 291 g/mol. The van der Waals surface area contributed by atoms with E-state index in [1.807, 2.05) is 6.92 Å². The molecule has 0 atom stereocenters. The Morgan fingerprint density at radius 3 is 2.65 bits per heavy atom. The van der Waals surface area contributed by atoms with Gasteiger partial charge in [0.25, 0.3) is 5.91 Å². The van der Waals surface area contributed by atoms with Gasteiger partial charge in [0.2, 0.25) is 0 Å². The van der Waals surface area contributed by atoms with Gasteiger partial charge in [0.15, 0.2) is 11.5 Å². The van der Waals surface area contributed by atoms with Crippen molar-refractivity contribution in [2.75, 3.05) is 12.4 Å². The Balaban J connectivity index is 2.31. The number of carbonyl (C=O) groups is 1. The molecule has 0 aliphatic rings. The minimum absolute atomic E-state index is 0.142. The number of aromatic hydroxyl groups is 1. The van der Waals surface area contributed by atoms with Gasteiger partial charge in [-0.2, -0.15) is 0 Å². The maximum Gasteiger partial charge on any atom is 0.259 e. The van der Waals surface area contributed by atoms with Crippen LogP contribution < -0.4 is 10.1 Å². The summed E-state index contributed by atoms with van der Waals surface area (Å²) in [6, 6.07) is 9.98. The van der Waals surface area contributed by atoms with E-state index in [2.05, 4.69) is 5.32 Å². The van der Waals surface area contributed by atoms with Gasteiger partial charge in [0, 0.05) is 10.7 Å². The van der Waals surface area contributed by atoms with Crippen molar-refractivity contribution >= 4 is 23.2 Å². The molecule has 2 rings (SSSR count). The maximum atomic E-state index is 12.2. The number of carbonyl (C=O) groups excluding carboxylic acids is 1. The van der Waals surface area contributed by atoms with Crippen molar-refractivity contribution in [2.24, 2.45) is 0 Å². The second-order valence-electron chi connectivity index (χ2n) is 4.22. The van der Waals surface area contributed by atoms with Crippen molar-refractivity contribution in [2.45, 2.75) is 6.92 Å². The first kappa shape index (κ1) is 14.2. The molecule has 2 aromatic rings. The first-order valence-corrected chi connectivity index (χ1v) is 6.35. The third-order valence-corrected chi connectivity index (χ3v) is 3.39.